The lowest BCUT2D eigenvalue weighted by Gasteiger charge is -2.23. The van der Waals surface area contributed by atoms with E-state index in [1.54, 1.807) is 24.1 Å². The Balaban J connectivity index is 1.31. The fraction of sp³-hybridized carbons (Fsp3) is 0.231. The zero-order chi connectivity index (χ0) is 24.1. The molecule has 1 unspecified atom stereocenters. The summed E-state index contributed by atoms with van der Waals surface area (Å²) in [5, 5.41) is 5.75. The minimum atomic E-state index is -0.395. The van der Waals surface area contributed by atoms with E-state index in [-0.39, 0.29) is 18.0 Å². The second kappa shape index (κ2) is 10.2. The van der Waals surface area contributed by atoms with Gasteiger partial charge in [-0.1, -0.05) is 18.2 Å². The molecule has 34 heavy (non-hydrogen) atoms. The number of fused-ring (bicyclic) bond motifs is 1. The Morgan fingerprint density at radius 1 is 0.971 bits per heavy atom. The first-order chi connectivity index (χ1) is 16.4. The molecule has 1 atom stereocenters. The third-order valence-electron chi connectivity index (χ3n) is 5.49. The summed E-state index contributed by atoms with van der Waals surface area (Å²) in [7, 11) is 1.73. The summed E-state index contributed by atoms with van der Waals surface area (Å²) in [5.41, 5.74) is 2.80. The molecule has 4 rings (SSSR count). The van der Waals surface area contributed by atoms with Crippen molar-refractivity contribution in [3.8, 4) is 11.5 Å². The van der Waals surface area contributed by atoms with E-state index >= 15 is 0 Å². The van der Waals surface area contributed by atoms with E-state index in [0.717, 1.165) is 11.1 Å². The van der Waals surface area contributed by atoms with Crippen LogP contribution in [-0.4, -0.2) is 37.1 Å². The first-order valence-corrected chi connectivity index (χ1v) is 11.0. The molecule has 1 aliphatic heterocycles. The van der Waals surface area contributed by atoms with Crippen molar-refractivity contribution < 1.29 is 23.5 Å². The summed E-state index contributed by atoms with van der Waals surface area (Å²) in [6.45, 7) is 3.36. The van der Waals surface area contributed by atoms with Gasteiger partial charge in [-0.2, -0.15) is 0 Å². The highest BCUT2D eigenvalue weighted by Crippen LogP contribution is 2.31. The third-order valence-corrected chi connectivity index (χ3v) is 5.49. The zero-order valence-corrected chi connectivity index (χ0v) is 19.0. The van der Waals surface area contributed by atoms with Crippen LogP contribution in [0.15, 0.2) is 66.7 Å². The van der Waals surface area contributed by atoms with Gasteiger partial charge in [-0.25, -0.2) is 9.18 Å². The van der Waals surface area contributed by atoms with Gasteiger partial charge in [0, 0.05) is 24.8 Å². The first-order valence-electron chi connectivity index (χ1n) is 11.0. The van der Waals surface area contributed by atoms with Gasteiger partial charge in [-0.3, -0.25) is 4.79 Å². The van der Waals surface area contributed by atoms with Crippen molar-refractivity contribution in [2.24, 2.45) is 0 Å². The van der Waals surface area contributed by atoms with E-state index in [4.69, 9.17) is 9.47 Å². The summed E-state index contributed by atoms with van der Waals surface area (Å²) in [5.74, 6) is 0.689. The normalized spacial score (nSPS) is 13.0. The molecule has 2 N–H and O–H groups in total. The highest BCUT2D eigenvalue weighted by Gasteiger charge is 2.16. The summed E-state index contributed by atoms with van der Waals surface area (Å²) in [6.07, 6.45) is 0. The molecule has 0 radical (unpaired) electrons. The van der Waals surface area contributed by atoms with Crippen molar-refractivity contribution >= 4 is 17.6 Å². The lowest BCUT2D eigenvalue weighted by Crippen LogP contribution is -2.38. The molecule has 0 saturated heterocycles. The molecule has 7 nitrogen and oxygen atoms in total. The molecule has 0 aromatic heterocycles. The Hall–Kier alpha value is -4.07. The number of carbonyl (C=O) groups is 2. The number of carbonyl (C=O) groups excluding carboxylic acids is 2. The molecule has 3 aromatic carbocycles. The van der Waals surface area contributed by atoms with Gasteiger partial charge in [0.05, 0.1) is 6.04 Å². The fourth-order valence-electron chi connectivity index (χ4n) is 3.57. The number of hydrogen-bond donors (Lipinski definition) is 2. The zero-order valence-electron chi connectivity index (χ0n) is 19.0. The van der Waals surface area contributed by atoms with Crippen LogP contribution in [0.4, 0.5) is 14.9 Å². The summed E-state index contributed by atoms with van der Waals surface area (Å²) >= 11 is 0. The molecule has 0 saturated carbocycles. The van der Waals surface area contributed by atoms with Gasteiger partial charge in [0.25, 0.3) is 5.91 Å². The van der Waals surface area contributed by atoms with Crippen molar-refractivity contribution in [2.75, 3.05) is 25.6 Å². The van der Waals surface area contributed by atoms with Crippen molar-refractivity contribution in [3.63, 3.8) is 0 Å². The van der Waals surface area contributed by atoms with Crippen LogP contribution in [-0.2, 0) is 6.54 Å². The minimum Gasteiger partial charge on any atom is -0.486 e. The van der Waals surface area contributed by atoms with E-state index in [9.17, 15) is 14.0 Å². The molecule has 0 fully saturated rings. The monoisotopic (exact) mass is 463 g/mol. The van der Waals surface area contributed by atoms with Crippen molar-refractivity contribution in [1.82, 2.24) is 10.2 Å². The standard InChI is InChI=1S/C26H26FN3O4/c1-17(19-6-10-22(11-7-19)29-25(31)20-4-8-21(27)9-5-20)28-26(32)30(2)16-18-3-12-23-24(15-18)34-14-13-33-23/h3-12,15,17H,13-14,16H2,1-2H3,(H,28,32)(H,29,31). The second-order valence-corrected chi connectivity index (χ2v) is 8.09. The lowest BCUT2D eigenvalue weighted by molar-refractivity contribution is 0.102. The van der Waals surface area contributed by atoms with Crippen LogP contribution >= 0.6 is 0 Å². The molecule has 3 amide bonds. The number of ether oxygens (including phenoxy) is 2. The smallest absolute Gasteiger partial charge is 0.317 e. The van der Waals surface area contributed by atoms with Crippen molar-refractivity contribution in [2.45, 2.75) is 19.5 Å². The topological polar surface area (TPSA) is 79.9 Å². The van der Waals surface area contributed by atoms with E-state index in [1.165, 1.54) is 24.3 Å². The average molecular weight is 464 g/mol. The molecular weight excluding hydrogens is 437 g/mol. The number of nitrogens with one attached hydrogen (secondary N) is 2. The van der Waals surface area contributed by atoms with Gasteiger partial charge in [-0.05, 0) is 66.6 Å². The van der Waals surface area contributed by atoms with Gasteiger partial charge in [0.2, 0.25) is 0 Å². The Kier molecular flexibility index (Phi) is 6.96. The van der Waals surface area contributed by atoms with E-state index < -0.39 is 5.82 Å². The maximum absolute atomic E-state index is 13.0. The Bertz CT molecular complexity index is 1170. The van der Waals surface area contributed by atoms with Gasteiger partial charge in [0.1, 0.15) is 19.0 Å². The molecule has 0 bridgehead atoms. The quantitative estimate of drug-likeness (QED) is 0.553. The molecule has 0 spiro atoms. The third kappa shape index (κ3) is 5.64. The summed E-state index contributed by atoms with van der Waals surface area (Å²) in [4.78, 5) is 26.6. The highest BCUT2D eigenvalue weighted by molar-refractivity contribution is 6.04. The predicted octanol–water partition coefficient (Wildman–Crippen LogP) is 4.75. The number of benzene rings is 3. The number of halogens is 1. The van der Waals surface area contributed by atoms with Crippen molar-refractivity contribution in [3.05, 3.63) is 89.2 Å². The number of urea groups is 1. The second-order valence-electron chi connectivity index (χ2n) is 8.09. The number of anilines is 1. The minimum absolute atomic E-state index is 0.212. The Morgan fingerprint density at radius 3 is 2.35 bits per heavy atom. The van der Waals surface area contributed by atoms with Gasteiger partial charge >= 0.3 is 6.03 Å². The van der Waals surface area contributed by atoms with Crippen LogP contribution < -0.4 is 20.1 Å². The van der Waals surface area contributed by atoms with Crippen LogP contribution in [0.5, 0.6) is 11.5 Å². The van der Waals surface area contributed by atoms with Crippen LogP contribution in [0.1, 0.15) is 34.5 Å². The van der Waals surface area contributed by atoms with Gasteiger partial charge in [0.15, 0.2) is 11.5 Å². The summed E-state index contributed by atoms with van der Waals surface area (Å²) < 4.78 is 24.2. The maximum atomic E-state index is 13.0. The molecule has 0 aliphatic carbocycles. The highest BCUT2D eigenvalue weighted by atomic mass is 19.1. The number of hydrogen-bond acceptors (Lipinski definition) is 4. The van der Waals surface area contributed by atoms with Crippen LogP contribution in [0, 0.1) is 5.82 Å². The van der Waals surface area contributed by atoms with Gasteiger partial charge in [-0.15, -0.1) is 0 Å². The van der Waals surface area contributed by atoms with Crippen LogP contribution in [0.2, 0.25) is 0 Å². The Morgan fingerprint density at radius 2 is 1.65 bits per heavy atom. The summed E-state index contributed by atoms with van der Waals surface area (Å²) in [6, 6.07) is 17.8. The molecular formula is C26H26FN3O4. The van der Waals surface area contributed by atoms with Crippen molar-refractivity contribution in [1.29, 1.82) is 0 Å². The largest absolute Gasteiger partial charge is 0.486 e. The fourth-order valence-corrected chi connectivity index (χ4v) is 3.57. The van der Waals surface area contributed by atoms with E-state index in [2.05, 4.69) is 10.6 Å². The van der Waals surface area contributed by atoms with Crippen LogP contribution in [0.3, 0.4) is 0 Å². The Labute approximate surface area is 197 Å². The molecule has 1 aliphatic rings. The maximum Gasteiger partial charge on any atom is 0.317 e. The number of nitrogens with zero attached hydrogens (tertiary/aromatic N) is 1. The molecule has 1 heterocycles. The van der Waals surface area contributed by atoms with E-state index in [1.807, 2.05) is 37.3 Å². The number of amides is 3. The lowest BCUT2D eigenvalue weighted by atomic mass is 10.1. The molecule has 3 aromatic rings. The van der Waals surface area contributed by atoms with Gasteiger partial charge < -0.3 is 25.0 Å². The molecule has 176 valence electrons. The van der Waals surface area contributed by atoms with Crippen LogP contribution in [0.25, 0.3) is 0 Å². The number of rotatable bonds is 6. The average Bonchev–Trinajstić information content (AvgIpc) is 2.84. The molecule has 8 heteroatoms. The van der Waals surface area contributed by atoms with E-state index in [0.29, 0.717) is 42.5 Å². The first kappa shape index (κ1) is 23.1. The SMILES string of the molecule is CC(NC(=O)N(C)Cc1ccc2c(c1)OCCO2)c1ccc(NC(=O)c2ccc(F)cc2)cc1. The predicted molar refractivity (Wildman–Crippen MR) is 127 cm³/mol.